The highest BCUT2D eigenvalue weighted by atomic mass is 32.2. The van der Waals surface area contributed by atoms with E-state index in [0.717, 1.165) is 48.5 Å². The van der Waals surface area contributed by atoms with Crippen molar-refractivity contribution in [2.45, 2.75) is 49.8 Å². The second kappa shape index (κ2) is 11.9. The summed E-state index contributed by atoms with van der Waals surface area (Å²) in [5.74, 6) is 0.872. The van der Waals surface area contributed by atoms with Crippen LogP contribution in [-0.2, 0) is 22.6 Å². The van der Waals surface area contributed by atoms with E-state index < -0.39 is 6.29 Å². The molecule has 4 aromatic rings. The van der Waals surface area contributed by atoms with Crippen LogP contribution in [0, 0.1) is 12.8 Å². The van der Waals surface area contributed by atoms with Crippen molar-refractivity contribution >= 4 is 23.1 Å². The summed E-state index contributed by atoms with van der Waals surface area (Å²) in [4.78, 5) is 0. The largest absolute Gasteiger partial charge is 0.392 e. The lowest BCUT2D eigenvalue weighted by molar-refractivity contribution is -0.268. The molecule has 37 heavy (non-hydrogen) atoms. The van der Waals surface area contributed by atoms with Crippen molar-refractivity contribution < 1.29 is 14.6 Å². The Kier molecular flexibility index (Phi) is 8.34. The summed E-state index contributed by atoms with van der Waals surface area (Å²) in [5, 5.41) is 18.8. The molecule has 4 atom stereocenters. The Morgan fingerprint density at radius 2 is 1.68 bits per heavy atom. The average molecular weight is 534 g/mol. The molecule has 0 amide bonds. The fourth-order valence-corrected chi connectivity index (χ4v) is 6.60. The Morgan fingerprint density at radius 1 is 0.946 bits per heavy atom. The van der Waals surface area contributed by atoms with E-state index in [0.29, 0.717) is 6.54 Å². The molecule has 1 fully saturated rings. The maximum atomic E-state index is 9.47. The minimum absolute atomic E-state index is 0.0211. The van der Waals surface area contributed by atoms with Crippen molar-refractivity contribution in [3.63, 3.8) is 0 Å². The summed E-state index contributed by atoms with van der Waals surface area (Å²) >= 11 is 3.28. The van der Waals surface area contributed by atoms with Crippen LogP contribution in [0.4, 0.5) is 0 Å². The minimum atomic E-state index is -0.501. The van der Waals surface area contributed by atoms with Gasteiger partial charge in [-0.1, -0.05) is 103 Å². The Balaban J connectivity index is 1.40. The van der Waals surface area contributed by atoms with Crippen molar-refractivity contribution in [3.8, 4) is 11.1 Å². The molecule has 6 nitrogen and oxygen atoms in total. The summed E-state index contributed by atoms with van der Waals surface area (Å²) in [5.41, 5.74) is 12.3. The van der Waals surface area contributed by atoms with Gasteiger partial charge in [0.2, 0.25) is 0 Å². The number of ether oxygens (including phenoxy) is 2. The Hall–Kier alpha value is -2.59. The lowest BCUT2D eigenvalue weighted by Gasteiger charge is -2.41. The number of hydrogen-bond acceptors (Lipinski definition) is 8. The molecule has 1 aromatic heterocycles. The standard InChI is InChI=1S/C29H31N3O3S2/c1-18-26(17-36-29-32-31-19(2)37-29)34-28(35-27(18)22-9-7-20(16-33)8-10-22)23-13-11-21(12-14-23)25-6-4-3-5-24(25)15-30/h3-14,18,26-28,33H,15-17,30H2,1-2H3/t18-,26+,27+,28+/m1/s1. The second-order valence-corrected chi connectivity index (χ2v) is 11.7. The second-order valence-electron chi connectivity index (χ2n) is 9.20. The molecule has 192 valence electrons. The van der Waals surface area contributed by atoms with Crippen LogP contribution >= 0.6 is 23.1 Å². The van der Waals surface area contributed by atoms with E-state index in [4.69, 9.17) is 15.2 Å². The van der Waals surface area contributed by atoms with E-state index in [1.165, 1.54) is 0 Å². The van der Waals surface area contributed by atoms with Gasteiger partial charge >= 0.3 is 0 Å². The molecule has 0 spiro atoms. The third kappa shape index (κ3) is 5.95. The highest BCUT2D eigenvalue weighted by molar-refractivity contribution is 8.01. The Labute approximate surface area is 225 Å². The fraction of sp³-hybridized carbons (Fsp3) is 0.310. The van der Waals surface area contributed by atoms with Crippen molar-refractivity contribution in [2.24, 2.45) is 11.7 Å². The first-order valence-corrected chi connectivity index (χ1v) is 14.2. The molecule has 8 heteroatoms. The first kappa shape index (κ1) is 26.0. The topological polar surface area (TPSA) is 90.5 Å². The van der Waals surface area contributed by atoms with Crippen LogP contribution in [0.1, 0.15) is 46.6 Å². The van der Waals surface area contributed by atoms with Gasteiger partial charge in [-0.2, -0.15) is 0 Å². The molecule has 3 N–H and O–H groups in total. The van der Waals surface area contributed by atoms with Crippen LogP contribution in [0.15, 0.2) is 77.1 Å². The Morgan fingerprint density at radius 3 is 2.35 bits per heavy atom. The number of aliphatic hydroxyl groups excluding tert-OH is 1. The van der Waals surface area contributed by atoms with E-state index in [2.05, 4.69) is 53.5 Å². The zero-order chi connectivity index (χ0) is 25.8. The van der Waals surface area contributed by atoms with Crippen molar-refractivity contribution in [3.05, 3.63) is 100 Å². The van der Waals surface area contributed by atoms with Gasteiger partial charge < -0.3 is 20.3 Å². The highest BCUT2D eigenvalue weighted by Gasteiger charge is 2.38. The maximum absolute atomic E-state index is 9.47. The van der Waals surface area contributed by atoms with E-state index in [9.17, 15) is 5.11 Å². The first-order valence-electron chi connectivity index (χ1n) is 12.4. The summed E-state index contributed by atoms with van der Waals surface area (Å²) in [7, 11) is 0. The zero-order valence-electron chi connectivity index (χ0n) is 20.9. The van der Waals surface area contributed by atoms with Crippen LogP contribution < -0.4 is 5.73 Å². The monoisotopic (exact) mass is 533 g/mol. The summed E-state index contributed by atoms with van der Waals surface area (Å²) in [6, 6.07) is 24.6. The Bertz CT molecular complexity index is 1310. The van der Waals surface area contributed by atoms with Gasteiger partial charge in [-0.05, 0) is 34.7 Å². The van der Waals surface area contributed by atoms with Gasteiger partial charge in [0, 0.05) is 23.8 Å². The molecule has 0 unspecified atom stereocenters. The summed E-state index contributed by atoms with van der Waals surface area (Å²) in [6.45, 7) is 4.65. The molecular formula is C29H31N3O3S2. The van der Waals surface area contributed by atoms with Gasteiger partial charge in [0.1, 0.15) is 5.01 Å². The first-order chi connectivity index (χ1) is 18.1. The van der Waals surface area contributed by atoms with Gasteiger partial charge in [-0.15, -0.1) is 10.2 Å². The quantitative estimate of drug-likeness (QED) is 0.267. The van der Waals surface area contributed by atoms with Crippen LogP contribution in [0.25, 0.3) is 11.1 Å². The van der Waals surface area contributed by atoms with Crippen LogP contribution in [0.5, 0.6) is 0 Å². The smallest absolute Gasteiger partial charge is 0.184 e. The SMILES string of the molecule is Cc1nnc(SC[C@@H]2O[C@H](c3ccc(-c4ccccc4CN)cc3)O[C@H](c3ccc(CO)cc3)[C@@H]2C)s1. The van der Waals surface area contributed by atoms with Crippen molar-refractivity contribution in [1.82, 2.24) is 10.2 Å². The molecule has 1 aliphatic rings. The predicted octanol–water partition coefficient (Wildman–Crippen LogP) is 6.05. The number of aromatic nitrogens is 2. The number of rotatable bonds is 8. The minimum Gasteiger partial charge on any atom is -0.392 e. The van der Waals surface area contributed by atoms with Gasteiger partial charge in [0.05, 0.1) is 18.8 Å². The molecule has 0 aliphatic carbocycles. The third-order valence-corrected chi connectivity index (χ3v) is 8.79. The number of hydrogen-bond donors (Lipinski definition) is 2. The van der Waals surface area contributed by atoms with E-state index in [1.807, 2.05) is 43.3 Å². The lowest BCUT2D eigenvalue weighted by Crippen LogP contribution is -2.38. The zero-order valence-corrected chi connectivity index (χ0v) is 22.5. The number of aliphatic hydroxyl groups is 1. The number of nitrogens with zero attached hydrogens (tertiary/aromatic N) is 2. The predicted molar refractivity (Wildman–Crippen MR) is 148 cm³/mol. The fourth-order valence-electron chi connectivity index (χ4n) is 4.60. The molecule has 1 saturated heterocycles. The van der Waals surface area contributed by atoms with Crippen molar-refractivity contribution in [1.29, 1.82) is 0 Å². The average Bonchev–Trinajstić information content (AvgIpc) is 3.37. The van der Waals surface area contributed by atoms with E-state index in [1.54, 1.807) is 23.1 Å². The number of nitrogens with two attached hydrogens (primary N) is 1. The van der Waals surface area contributed by atoms with Crippen molar-refractivity contribution in [2.75, 3.05) is 5.75 Å². The number of benzene rings is 3. The normalized spacial score (nSPS) is 21.7. The number of aryl methyl sites for hydroxylation is 1. The highest BCUT2D eigenvalue weighted by Crippen LogP contribution is 2.43. The van der Waals surface area contributed by atoms with Gasteiger partial charge in [-0.25, -0.2) is 0 Å². The van der Waals surface area contributed by atoms with Gasteiger partial charge in [-0.3, -0.25) is 0 Å². The molecule has 0 bridgehead atoms. The van der Waals surface area contributed by atoms with Crippen LogP contribution in [0.2, 0.25) is 0 Å². The molecule has 5 rings (SSSR count). The van der Waals surface area contributed by atoms with Crippen LogP contribution in [0.3, 0.4) is 0 Å². The van der Waals surface area contributed by atoms with Gasteiger partial charge in [0.15, 0.2) is 10.6 Å². The lowest BCUT2D eigenvalue weighted by atomic mass is 9.91. The summed E-state index contributed by atoms with van der Waals surface area (Å²) < 4.78 is 14.1. The maximum Gasteiger partial charge on any atom is 0.184 e. The molecule has 2 heterocycles. The van der Waals surface area contributed by atoms with E-state index in [-0.39, 0.29) is 24.7 Å². The van der Waals surface area contributed by atoms with Crippen LogP contribution in [-0.4, -0.2) is 27.2 Å². The van der Waals surface area contributed by atoms with E-state index >= 15 is 0 Å². The number of thioether (sulfide) groups is 1. The molecule has 1 aliphatic heterocycles. The molecule has 3 aromatic carbocycles. The van der Waals surface area contributed by atoms with Gasteiger partial charge in [0.25, 0.3) is 0 Å². The molecular weight excluding hydrogens is 502 g/mol. The molecule has 0 radical (unpaired) electrons. The molecule has 0 saturated carbocycles. The third-order valence-electron chi connectivity index (χ3n) is 6.73. The summed E-state index contributed by atoms with van der Waals surface area (Å²) in [6.07, 6.45) is -0.696.